The van der Waals surface area contributed by atoms with Crippen LogP contribution in [0.15, 0.2) is 30.5 Å². The number of aromatic amines is 1. The molecule has 208 valence electrons. The average molecular weight is 542 g/mol. The van der Waals surface area contributed by atoms with E-state index in [2.05, 4.69) is 10.2 Å². The maximum atomic E-state index is 16.4. The number of fused-ring (bicyclic) bond motifs is 2. The molecule has 1 aliphatic carbocycles. The van der Waals surface area contributed by atoms with Crippen molar-refractivity contribution in [3.8, 4) is 11.4 Å². The number of carbonyl (C=O) groups is 1. The molecule has 0 amide bonds. The van der Waals surface area contributed by atoms with Crippen LogP contribution in [0.5, 0.6) is 5.75 Å². The lowest BCUT2D eigenvalue weighted by Gasteiger charge is -2.37. The number of rotatable bonds is 8. The van der Waals surface area contributed by atoms with Crippen LogP contribution in [0.2, 0.25) is 0 Å². The minimum atomic E-state index is -1.27. The summed E-state index contributed by atoms with van der Waals surface area (Å²) in [7, 11) is 4.44. The summed E-state index contributed by atoms with van der Waals surface area (Å²) in [5.41, 5.74) is 1.24. The first-order chi connectivity index (χ1) is 18.6. The molecule has 0 atom stereocenters. The summed E-state index contributed by atoms with van der Waals surface area (Å²) < 4.78 is 49.2. The molecule has 2 aromatic carbocycles. The molecule has 0 aliphatic heterocycles. The van der Waals surface area contributed by atoms with Gasteiger partial charge >= 0.3 is 5.97 Å². The van der Waals surface area contributed by atoms with Crippen molar-refractivity contribution in [2.75, 3.05) is 27.9 Å². The second kappa shape index (κ2) is 9.91. The predicted octanol–water partition coefficient (Wildman–Crippen LogP) is 5.85. The van der Waals surface area contributed by atoms with Gasteiger partial charge in [-0.05, 0) is 55.4 Å². The summed E-state index contributed by atoms with van der Waals surface area (Å²) in [6.45, 7) is 4.38. The lowest BCUT2D eigenvalue weighted by Crippen LogP contribution is -2.43. The van der Waals surface area contributed by atoms with Crippen LogP contribution in [-0.2, 0) is 19.7 Å². The van der Waals surface area contributed by atoms with Crippen molar-refractivity contribution in [3.05, 3.63) is 53.4 Å². The van der Waals surface area contributed by atoms with Gasteiger partial charge in [-0.3, -0.25) is 5.10 Å². The number of carboxylic acid groups (broad SMARTS) is 1. The SMILES string of the molecule is COCC(C)(C)c1c([C@H]2CC[C@](OC)(C(=O)O)CC2)c2c(F)c3[nH]ncc3cc2n1-c1ccc(F)c(OC)c1. The third-order valence-electron chi connectivity index (χ3n) is 8.17. The van der Waals surface area contributed by atoms with Crippen LogP contribution in [0, 0.1) is 11.6 Å². The third kappa shape index (κ3) is 4.26. The Morgan fingerprint density at radius 1 is 1.21 bits per heavy atom. The molecule has 5 rings (SSSR count). The summed E-state index contributed by atoms with van der Waals surface area (Å²) in [4.78, 5) is 12.1. The summed E-state index contributed by atoms with van der Waals surface area (Å²) in [5.74, 6) is -2.01. The lowest BCUT2D eigenvalue weighted by atomic mass is 9.73. The monoisotopic (exact) mass is 541 g/mol. The molecule has 39 heavy (non-hydrogen) atoms. The Bertz CT molecular complexity index is 1550. The number of nitrogens with one attached hydrogen (secondary N) is 1. The fourth-order valence-corrected chi connectivity index (χ4v) is 6.26. The molecule has 0 spiro atoms. The predicted molar refractivity (Wildman–Crippen MR) is 143 cm³/mol. The van der Waals surface area contributed by atoms with E-state index in [1.54, 1.807) is 25.4 Å². The minimum absolute atomic E-state index is 0.0697. The van der Waals surface area contributed by atoms with Gasteiger partial charge in [-0.2, -0.15) is 5.10 Å². The molecule has 0 radical (unpaired) electrons. The van der Waals surface area contributed by atoms with Crippen LogP contribution in [0.25, 0.3) is 27.5 Å². The number of ether oxygens (including phenoxy) is 3. The standard InChI is InChI=1S/C29H33F2N3O5/c1-28(2,15-37-3)26-22(16-8-10-29(39-5,11-9-16)27(35)36)23-20(12-17-14-32-33-25(17)24(23)31)34(26)18-6-7-19(30)21(13-18)38-4/h6-7,12-14,16H,8-11,15H2,1-5H3,(H,32,33)(H,35,36)/t16-,29+. The number of halogens is 2. The molecule has 0 bridgehead atoms. The van der Waals surface area contributed by atoms with E-state index in [1.165, 1.54) is 20.3 Å². The van der Waals surface area contributed by atoms with Crippen LogP contribution >= 0.6 is 0 Å². The summed E-state index contributed by atoms with van der Waals surface area (Å²) in [6, 6.07) is 6.46. The molecule has 0 saturated heterocycles. The maximum absolute atomic E-state index is 16.4. The first kappa shape index (κ1) is 27.1. The molecule has 2 N–H and O–H groups in total. The van der Waals surface area contributed by atoms with Gasteiger partial charge in [0.1, 0.15) is 5.52 Å². The van der Waals surface area contributed by atoms with Crippen molar-refractivity contribution in [1.82, 2.24) is 14.8 Å². The molecule has 0 unspecified atom stereocenters. The highest BCUT2D eigenvalue weighted by Crippen LogP contribution is 2.49. The first-order valence-corrected chi connectivity index (χ1v) is 12.9. The Morgan fingerprint density at radius 2 is 1.92 bits per heavy atom. The second-order valence-electron chi connectivity index (χ2n) is 10.9. The fraction of sp³-hybridized carbons (Fsp3) is 0.448. The van der Waals surface area contributed by atoms with Gasteiger partial charge in [0, 0.05) is 47.9 Å². The van der Waals surface area contributed by atoms with Gasteiger partial charge < -0.3 is 23.9 Å². The van der Waals surface area contributed by atoms with Crippen LogP contribution in [0.3, 0.4) is 0 Å². The number of methoxy groups -OCH3 is 3. The number of carboxylic acids is 1. The topological polar surface area (TPSA) is 98.6 Å². The molecule has 4 aromatic rings. The minimum Gasteiger partial charge on any atom is -0.494 e. The van der Waals surface area contributed by atoms with Gasteiger partial charge in [0.15, 0.2) is 23.0 Å². The van der Waals surface area contributed by atoms with Crippen molar-refractivity contribution in [3.63, 3.8) is 0 Å². The number of aromatic nitrogens is 3. The Kier molecular flexibility index (Phi) is 6.88. The van der Waals surface area contributed by atoms with Gasteiger partial charge in [0.05, 0.1) is 25.4 Å². The van der Waals surface area contributed by atoms with Crippen molar-refractivity contribution in [1.29, 1.82) is 0 Å². The van der Waals surface area contributed by atoms with Crippen LogP contribution in [0.4, 0.5) is 8.78 Å². The summed E-state index contributed by atoms with van der Waals surface area (Å²) in [5, 5.41) is 17.7. The zero-order valence-electron chi connectivity index (χ0n) is 22.7. The number of benzene rings is 2. The number of nitrogens with zero attached hydrogens (tertiary/aromatic N) is 2. The van der Waals surface area contributed by atoms with E-state index < -0.39 is 28.6 Å². The molecule has 8 nitrogen and oxygen atoms in total. The molecule has 10 heteroatoms. The van der Waals surface area contributed by atoms with E-state index in [1.807, 2.05) is 24.5 Å². The van der Waals surface area contributed by atoms with Gasteiger partial charge in [-0.15, -0.1) is 0 Å². The van der Waals surface area contributed by atoms with Crippen LogP contribution in [0.1, 0.15) is 56.7 Å². The van der Waals surface area contributed by atoms with Crippen molar-refractivity contribution in [2.24, 2.45) is 0 Å². The van der Waals surface area contributed by atoms with Gasteiger partial charge in [0.25, 0.3) is 0 Å². The highest BCUT2D eigenvalue weighted by molar-refractivity contribution is 6.00. The summed E-state index contributed by atoms with van der Waals surface area (Å²) in [6.07, 6.45) is 3.13. The number of hydrogen-bond donors (Lipinski definition) is 2. The van der Waals surface area contributed by atoms with Gasteiger partial charge in [-0.1, -0.05) is 13.8 Å². The molecular weight excluding hydrogens is 508 g/mol. The molecule has 1 aliphatic rings. The normalized spacial score (nSPS) is 20.1. The van der Waals surface area contributed by atoms with Crippen molar-refractivity contribution < 1.29 is 32.9 Å². The first-order valence-electron chi connectivity index (χ1n) is 12.9. The van der Waals surface area contributed by atoms with Gasteiger partial charge in [0.2, 0.25) is 0 Å². The molecule has 1 fully saturated rings. The highest BCUT2D eigenvalue weighted by atomic mass is 19.1. The number of H-pyrrole nitrogens is 1. The fourth-order valence-electron chi connectivity index (χ4n) is 6.26. The quantitative estimate of drug-likeness (QED) is 0.291. The van der Waals surface area contributed by atoms with Crippen molar-refractivity contribution in [2.45, 2.75) is 56.5 Å². The van der Waals surface area contributed by atoms with E-state index in [9.17, 15) is 14.3 Å². The Hall–Kier alpha value is -3.50. The summed E-state index contributed by atoms with van der Waals surface area (Å²) >= 11 is 0. The highest BCUT2D eigenvalue weighted by Gasteiger charge is 2.45. The number of aliphatic carboxylic acids is 1. The third-order valence-corrected chi connectivity index (χ3v) is 8.17. The average Bonchev–Trinajstić information content (AvgIpc) is 3.53. The smallest absolute Gasteiger partial charge is 0.335 e. The second-order valence-corrected chi connectivity index (χ2v) is 10.9. The van der Waals surface area contributed by atoms with Gasteiger partial charge in [-0.25, -0.2) is 13.6 Å². The van der Waals surface area contributed by atoms with E-state index >= 15 is 4.39 Å². The van der Waals surface area contributed by atoms with Crippen LogP contribution in [-0.4, -0.2) is 59.4 Å². The zero-order chi connectivity index (χ0) is 28.1. The Labute approximate surface area is 224 Å². The molecule has 1 saturated carbocycles. The van der Waals surface area contributed by atoms with E-state index in [4.69, 9.17) is 14.2 Å². The lowest BCUT2D eigenvalue weighted by molar-refractivity contribution is -0.166. The molecular formula is C29H33F2N3O5. The maximum Gasteiger partial charge on any atom is 0.335 e. The van der Waals surface area contributed by atoms with E-state index in [0.717, 1.165) is 11.3 Å². The zero-order valence-corrected chi connectivity index (χ0v) is 22.7. The Balaban J connectivity index is 1.85. The van der Waals surface area contributed by atoms with Crippen molar-refractivity contribution >= 4 is 27.8 Å². The number of hydrogen-bond acceptors (Lipinski definition) is 5. The molecule has 2 aromatic heterocycles. The molecule has 2 heterocycles. The largest absolute Gasteiger partial charge is 0.494 e. The van der Waals surface area contributed by atoms with Crippen LogP contribution < -0.4 is 4.74 Å². The Morgan fingerprint density at radius 3 is 2.54 bits per heavy atom. The van der Waals surface area contributed by atoms with E-state index in [0.29, 0.717) is 59.8 Å². The van der Waals surface area contributed by atoms with E-state index in [-0.39, 0.29) is 11.7 Å².